The number of ether oxygens (including phenoxy) is 1. The molecule has 0 saturated carbocycles. The summed E-state index contributed by atoms with van der Waals surface area (Å²) in [6.07, 6.45) is 1.29. The molecule has 1 aromatic heterocycles. The van der Waals surface area contributed by atoms with Gasteiger partial charge in [-0.15, -0.1) is 4.99 Å². The quantitative estimate of drug-likeness (QED) is 0.542. The zero-order valence-electron chi connectivity index (χ0n) is 19.1. The molecule has 35 heavy (non-hydrogen) atoms. The van der Waals surface area contributed by atoms with E-state index in [-0.39, 0.29) is 25.2 Å². The Morgan fingerprint density at radius 2 is 2.17 bits per heavy atom. The molecule has 3 aliphatic rings. The Morgan fingerprint density at radius 3 is 2.91 bits per heavy atom. The highest BCUT2D eigenvalue weighted by Gasteiger charge is 2.47. The number of rotatable bonds is 2. The Hall–Kier alpha value is -3.76. The van der Waals surface area contributed by atoms with Crippen LogP contribution in [0.5, 0.6) is 5.75 Å². The Balaban J connectivity index is 1.55. The van der Waals surface area contributed by atoms with Crippen molar-refractivity contribution in [2.75, 3.05) is 32.8 Å². The van der Waals surface area contributed by atoms with E-state index < -0.39 is 17.9 Å². The van der Waals surface area contributed by atoms with Gasteiger partial charge in [0.25, 0.3) is 0 Å². The van der Waals surface area contributed by atoms with Crippen molar-refractivity contribution in [1.29, 1.82) is 0 Å². The second kappa shape index (κ2) is 7.89. The first-order valence-corrected chi connectivity index (χ1v) is 11.5. The molecular weight excluding hydrogens is 455 g/mol. The number of carbonyl (C=O) groups is 2. The van der Waals surface area contributed by atoms with E-state index >= 15 is 0 Å². The van der Waals surface area contributed by atoms with Crippen LogP contribution in [0.2, 0.25) is 0 Å². The van der Waals surface area contributed by atoms with Gasteiger partial charge in [-0.1, -0.05) is 12.6 Å². The Kier molecular flexibility index (Phi) is 4.90. The number of urea groups is 1. The molecule has 1 fully saturated rings. The van der Waals surface area contributed by atoms with E-state index in [1.165, 1.54) is 12.1 Å². The van der Waals surface area contributed by atoms with E-state index in [0.29, 0.717) is 69.3 Å². The van der Waals surface area contributed by atoms with Gasteiger partial charge in [0.2, 0.25) is 5.91 Å². The van der Waals surface area contributed by atoms with Gasteiger partial charge in [-0.3, -0.25) is 4.79 Å². The molecule has 9 nitrogen and oxygen atoms in total. The van der Waals surface area contributed by atoms with Gasteiger partial charge in [0.05, 0.1) is 22.9 Å². The average molecular weight is 479 g/mol. The van der Waals surface area contributed by atoms with Gasteiger partial charge in [-0.2, -0.15) is 0 Å². The minimum atomic E-state index is -0.543. The maximum Gasteiger partial charge on any atom is 0.448 e. The van der Waals surface area contributed by atoms with Crippen molar-refractivity contribution < 1.29 is 33.1 Å². The third kappa shape index (κ3) is 3.10. The predicted octanol–water partition coefficient (Wildman–Crippen LogP) is 1.59. The zero-order chi connectivity index (χ0) is 24.4. The van der Waals surface area contributed by atoms with Crippen LogP contribution in [-0.4, -0.2) is 77.6 Å². The number of nitrogens with zero attached hydrogens (tertiary/aromatic N) is 3. The number of nitrogens with one attached hydrogen (secondary N) is 1. The highest BCUT2D eigenvalue weighted by Crippen LogP contribution is 2.44. The van der Waals surface area contributed by atoms with Gasteiger partial charge in [0, 0.05) is 25.7 Å². The first-order valence-electron chi connectivity index (χ1n) is 11.5. The van der Waals surface area contributed by atoms with Gasteiger partial charge < -0.3 is 24.1 Å². The summed E-state index contributed by atoms with van der Waals surface area (Å²) in [5.41, 5.74) is 1.97. The molecule has 10 heteroatoms. The van der Waals surface area contributed by atoms with E-state index in [9.17, 15) is 19.1 Å². The van der Waals surface area contributed by atoms with Crippen molar-refractivity contribution >= 4 is 45.4 Å². The Bertz CT molecular complexity index is 1450. The van der Waals surface area contributed by atoms with Crippen LogP contribution in [-0.2, 0) is 4.79 Å². The number of quaternary nitrogens is 1. The van der Waals surface area contributed by atoms with Crippen molar-refractivity contribution in [2.45, 2.75) is 19.0 Å². The molecule has 3 aromatic rings. The molecule has 6 rings (SSSR count). The number of carbonyl (C=O) groups excluding carboxylic acids is 2. The second-order valence-electron chi connectivity index (χ2n) is 9.09. The number of aliphatic hydroxyl groups is 1. The molecule has 0 radical (unpaired) electrons. The third-order valence-corrected chi connectivity index (χ3v) is 7.08. The summed E-state index contributed by atoms with van der Waals surface area (Å²) >= 11 is 0. The lowest BCUT2D eigenvalue weighted by atomic mass is 9.98. The molecule has 3 atom stereocenters. The summed E-state index contributed by atoms with van der Waals surface area (Å²) in [6, 6.07) is 5.28. The topological polar surface area (TPSA) is 100 Å². The SMILES string of the molecule is C=CC(=O)N1CCN(C2=NC(=O)[NH+]3c4c2cc2oc5cccc(F)c5c2c4OCC3CO)C(C)C1. The largest absolute Gasteiger partial charge is 0.480 e. The molecule has 3 unspecified atom stereocenters. The van der Waals surface area contributed by atoms with Gasteiger partial charge in [-0.05, 0) is 31.2 Å². The predicted molar refractivity (Wildman–Crippen MR) is 126 cm³/mol. The van der Waals surface area contributed by atoms with Crippen LogP contribution in [0.15, 0.2) is 46.3 Å². The molecule has 4 heterocycles. The number of halogens is 1. The van der Waals surface area contributed by atoms with Gasteiger partial charge in [-0.25, -0.2) is 14.1 Å². The first kappa shape index (κ1) is 21.8. The van der Waals surface area contributed by atoms with Crippen molar-refractivity contribution in [3.63, 3.8) is 0 Å². The maximum absolute atomic E-state index is 14.9. The molecule has 0 aliphatic carbocycles. The Labute approximate surface area is 199 Å². The van der Waals surface area contributed by atoms with Crippen molar-refractivity contribution in [3.05, 3.63) is 48.3 Å². The lowest BCUT2D eigenvalue weighted by Crippen LogP contribution is -3.16. The van der Waals surface area contributed by atoms with Crippen molar-refractivity contribution in [1.82, 2.24) is 9.80 Å². The fourth-order valence-electron chi connectivity index (χ4n) is 5.42. The van der Waals surface area contributed by atoms with Crippen LogP contribution in [0.25, 0.3) is 21.9 Å². The highest BCUT2D eigenvalue weighted by molar-refractivity contribution is 6.17. The number of fused-ring (bicyclic) bond motifs is 4. The van der Waals surface area contributed by atoms with Crippen molar-refractivity contribution in [3.8, 4) is 5.75 Å². The van der Waals surface area contributed by atoms with Crippen LogP contribution < -0.4 is 9.64 Å². The van der Waals surface area contributed by atoms with E-state index in [0.717, 1.165) is 0 Å². The van der Waals surface area contributed by atoms with E-state index in [1.54, 1.807) is 23.1 Å². The van der Waals surface area contributed by atoms with Crippen LogP contribution in [0, 0.1) is 5.82 Å². The fourth-order valence-corrected chi connectivity index (χ4v) is 5.42. The summed E-state index contributed by atoms with van der Waals surface area (Å²) < 4.78 is 27.0. The standard InChI is InChI=1S/C25H23FN4O5/c1-3-19(32)28-7-8-29(13(2)10-28)24-15-9-18-21(20-16(26)5-4-6-17(20)35-18)23-22(15)30(25(33)27-24)14(11-31)12-34-23/h3-6,9,13-14,31H,1,7-8,10-12H2,2H3/p+1. The number of hydrogen-bond acceptors (Lipinski definition) is 6. The lowest BCUT2D eigenvalue weighted by molar-refractivity contribution is -0.779. The third-order valence-electron chi connectivity index (χ3n) is 7.08. The smallest absolute Gasteiger partial charge is 0.448 e. The summed E-state index contributed by atoms with van der Waals surface area (Å²) in [6.45, 7) is 6.70. The van der Waals surface area contributed by atoms with E-state index in [1.807, 2.05) is 11.8 Å². The zero-order valence-corrected chi connectivity index (χ0v) is 19.1. The molecule has 3 aliphatic heterocycles. The lowest BCUT2D eigenvalue weighted by Gasteiger charge is -2.43. The van der Waals surface area contributed by atoms with Crippen molar-refractivity contribution in [2.24, 2.45) is 4.99 Å². The van der Waals surface area contributed by atoms with E-state index in [4.69, 9.17) is 9.15 Å². The number of piperazine rings is 1. The van der Waals surface area contributed by atoms with Crippen LogP contribution in [0.4, 0.5) is 14.9 Å². The summed E-state index contributed by atoms with van der Waals surface area (Å²) in [5.74, 6) is 0.240. The van der Waals surface area contributed by atoms with Crippen LogP contribution in [0.3, 0.4) is 0 Å². The number of aliphatic imine (C=N–C) groups is 1. The van der Waals surface area contributed by atoms with Crippen LogP contribution in [0.1, 0.15) is 12.5 Å². The van der Waals surface area contributed by atoms with Gasteiger partial charge in [0.1, 0.15) is 23.6 Å². The number of benzene rings is 2. The van der Waals surface area contributed by atoms with Crippen LogP contribution >= 0.6 is 0 Å². The molecule has 1 saturated heterocycles. The number of aliphatic hydroxyl groups excluding tert-OH is 1. The number of amidine groups is 1. The van der Waals surface area contributed by atoms with E-state index in [2.05, 4.69) is 11.6 Å². The normalized spacial score (nSPS) is 23.8. The fraction of sp³-hybridized carbons (Fsp3) is 0.320. The number of furan rings is 1. The van der Waals surface area contributed by atoms with Gasteiger partial charge in [0.15, 0.2) is 23.3 Å². The second-order valence-corrected chi connectivity index (χ2v) is 9.09. The molecule has 2 aromatic carbocycles. The molecule has 180 valence electrons. The highest BCUT2D eigenvalue weighted by atomic mass is 19.1. The molecular formula is C25H24FN4O5+. The Morgan fingerprint density at radius 1 is 1.34 bits per heavy atom. The minimum absolute atomic E-state index is 0.0772. The van der Waals surface area contributed by atoms with Gasteiger partial charge >= 0.3 is 6.03 Å². The minimum Gasteiger partial charge on any atom is -0.480 e. The monoisotopic (exact) mass is 479 g/mol. The molecule has 2 N–H and O–H groups in total. The number of hydrogen-bond donors (Lipinski definition) is 2. The summed E-state index contributed by atoms with van der Waals surface area (Å²) in [5, 5.41) is 10.7. The molecule has 0 spiro atoms. The summed E-state index contributed by atoms with van der Waals surface area (Å²) in [4.78, 5) is 34.0. The molecule has 0 bridgehead atoms. The first-order chi connectivity index (χ1) is 16.9. The number of amides is 3. The maximum atomic E-state index is 14.9. The average Bonchev–Trinajstić information content (AvgIpc) is 3.25. The molecule has 3 amide bonds. The summed E-state index contributed by atoms with van der Waals surface area (Å²) in [7, 11) is 0.